The zero-order valence-corrected chi connectivity index (χ0v) is 15.5. The molecule has 0 saturated heterocycles. The van der Waals surface area contributed by atoms with Gasteiger partial charge in [-0.05, 0) is 36.6 Å². The Labute approximate surface area is 153 Å². The third-order valence-electron chi connectivity index (χ3n) is 3.71. The highest BCUT2D eigenvalue weighted by Crippen LogP contribution is 2.10. The van der Waals surface area contributed by atoms with Crippen LogP contribution in [0.25, 0.3) is 5.69 Å². The van der Waals surface area contributed by atoms with Crippen molar-refractivity contribution in [2.24, 2.45) is 4.99 Å². The van der Waals surface area contributed by atoms with E-state index in [4.69, 9.17) is 0 Å². The van der Waals surface area contributed by atoms with Crippen LogP contribution in [0.3, 0.4) is 0 Å². The Morgan fingerprint density at radius 1 is 1.30 bits per heavy atom. The first-order valence-electron chi connectivity index (χ1n) is 7.56. The summed E-state index contributed by atoms with van der Waals surface area (Å²) in [7, 11) is 1.80. The van der Waals surface area contributed by atoms with E-state index in [9.17, 15) is 0 Å². The van der Waals surface area contributed by atoms with E-state index in [0.717, 1.165) is 31.0 Å². The summed E-state index contributed by atoms with van der Waals surface area (Å²) in [6, 6.07) is 10.7. The molecule has 1 heterocycles. The van der Waals surface area contributed by atoms with Crippen molar-refractivity contribution in [3.63, 3.8) is 0 Å². The number of halogens is 1. The molecule has 0 bridgehead atoms. The molecule has 0 radical (unpaired) electrons. The van der Waals surface area contributed by atoms with Crippen molar-refractivity contribution in [3.05, 3.63) is 60.4 Å². The fourth-order valence-electron chi connectivity index (χ4n) is 2.54. The fourth-order valence-corrected chi connectivity index (χ4v) is 2.54. The molecule has 122 valence electrons. The van der Waals surface area contributed by atoms with Gasteiger partial charge in [0.25, 0.3) is 0 Å². The lowest BCUT2D eigenvalue weighted by Gasteiger charge is -2.17. The normalized spacial score (nSPS) is 14.6. The summed E-state index contributed by atoms with van der Waals surface area (Å²) in [6.45, 7) is 0.731. The molecule has 0 aliphatic heterocycles. The number of hydrogen-bond donors (Lipinski definition) is 2. The summed E-state index contributed by atoms with van der Waals surface area (Å²) in [6.07, 6.45) is 10.3. The molecule has 0 amide bonds. The van der Waals surface area contributed by atoms with Crippen LogP contribution in [0.15, 0.2) is 59.9 Å². The maximum Gasteiger partial charge on any atom is 0.191 e. The lowest BCUT2D eigenvalue weighted by Crippen LogP contribution is -2.42. The second kappa shape index (κ2) is 8.71. The van der Waals surface area contributed by atoms with Gasteiger partial charge in [0.2, 0.25) is 0 Å². The molecule has 1 aliphatic rings. The van der Waals surface area contributed by atoms with Crippen LogP contribution in [0.2, 0.25) is 0 Å². The highest BCUT2D eigenvalue weighted by molar-refractivity contribution is 14.0. The van der Waals surface area contributed by atoms with Crippen molar-refractivity contribution >= 4 is 29.9 Å². The molecule has 23 heavy (non-hydrogen) atoms. The van der Waals surface area contributed by atoms with Gasteiger partial charge in [-0.1, -0.05) is 24.3 Å². The molecule has 0 atom stereocenters. The Kier molecular flexibility index (Phi) is 6.64. The summed E-state index contributed by atoms with van der Waals surface area (Å²) in [4.78, 5) is 4.29. The third kappa shape index (κ3) is 4.82. The molecular weight excluding hydrogens is 401 g/mol. The standard InChI is InChI=1S/C17H21N5.HI/c1-18-17(21-15-7-2-3-8-15)19-13-14-6-4-9-16(12-14)22-11-5-10-20-22;/h2-6,9-12,15H,7-8,13H2,1H3,(H2,18,19,21);1H. The summed E-state index contributed by atoms with van der Waals surface area (Å²) in [5.41, 5.74) is 2.26. The van der Waals surface area contributed by atoms with Crippen LogP contribution < -0.4 is 10.6 Å². The van der Waals surface area contributed by atoms with Gasteiger partial charge in [-0.3, -0.25) is 4.99 Å². The maximum atomic E-state index is 4.29. The molecule has 0 saturated carbocycles. The van der Waals surface area contributed by atoms with Crippen molar-refractivity contribution in [2.45, 2.75) is 25.4 Å². The van der Waals surface area contributed by atoms with E-state index in [1.54, 1.807) is 13.2 Å². The van der Waals surface area contributed by atoms with Crippen LogP contribution in [0.1, 0.15) is 18.4 Å². The Balaban J connectivity index is 0.00000192. The zero-order valence-electron chi connectivity index (χ0n) is 13.1. The van der Waals surface area contributed by atoms with Crippen LogP contribution >= 0.6 is 24.0 Å². The third-order valence-corrected chi connectivity index (χ3v) is 3.71. The van der Waals surface area contributed by atoms with Crippen LogP contribution in [0, 0.1) is 0 Å². The smallest absolute Gasteiger partial charge is 0.191 e. The molecule has 6 heteroatoms. The summed E-state index contributed by atoms with van der Waals surface area (Å²) in [5.74, 6) is 0.846. The van der Waals surface area contributed by atoms with Crippen molar-refractivity contribution in [2.75, 3.05) is 7.05 Å². The molecule has 0 spiro atoms. The quantitative estimate of drug-likeness (QED) is 0.344. The van der Waals surface area contributed by atoms with Crippen molar-refractivity contribution in [1.82, 2.24) is 20.4 Å². The predicted molar refractivity (Wildman–Crippen MR) is 104 cm³/mol. The summed E-state index contributed by atoms with van der Waals surface area (Å²) >= 11 is 0. The van der Waals surface area contributed by atoms with Gasteiger partial charge in [0.15, 0.2) is 5.96 Å². The Bertz CT molecular complexity index is 655. The van der Waals surface area contributed by atoms with Crippen LogP contribution in [0.5, 0.6) is 0 Å². The Hall–Kier alpha value is -1.83. The number of nitrogens with one attached hydrogen (secondary N) is 2. The number of rotatable bonds is 4. The number of aliphatic imine (C=N–C) groups is 1. The molecule has 1 aromatic carbocycles. The average molecular weight is 423 g/mol. The molecule has 2 aromatic rings. The first-order chi connectivity index (χ1) is 10.8. The second-order valence-corrected chi connectivity index (χ2v) is 5.33. The largest absolute Gasteiger partial charge is 0.353 e. The Morgan fingerprint density at radius 3 is 2.83 bits per heavy atom. The summed E-state index contributed by atoms with van der Waals surface area (Å²) < 4.78 is 1.86. The highest BCUT2D eigenvalue weighted by atomic mass is 127. The SMILES string of the molecule is CN=C(NCc1cccc(-n2cccn2)c1)NC1CC=CC1.I. The average Bonchev–Trinajstić information content (AvgIpc) is 3.25. The Morgan fingerprint density at radius 2 is 2.13 bits per heavy atom. The van der Waals surface area contributed by atoms with E-state index < -0.39 is 0 Å². The van der Waals surface area contributed by atoms with Crippen LogP contribution in [-0.2, 0) is 6.54 Å². The van der Waals surface area contributed by atoms with Gasteiger partial charge in [-0.2, -0.15) is 5.10 Å². The topological polar surface area (TPSA) is 54.2 Å². The molecule has 0 fully saturated rings. The molecule has 1 aromatic heterocycles. The van der Waals surface area contributed by atoms with Crippen LogP contribution in [0.4, 0.5) is 0 Å². The number of aromatic nitrogens is 2. The van der Waals surface area contributed by atoms with Gasteiger partial charge in [0.1, 0.15) is 0 Å². The lowest BCUT2D eigenvalue weighted by molar-refractivity contribution is 0.633. The zero-order chi connectivity index (χ0) is 15.2. The first-order valence-corrected chi connectivity index (χ1v) is 7.56. The van der Waals surface area contributed by atoms with Crippen molar-refractivity contribution < 1.29 is 0 Å². The molecular formula is C17H22IN5. The minimum Gasteiger partial charge on any atom is -0.353 e. The van der Waals surface area contributed by atoms with Gasteiger partial charge < -0.3 is 10.6 Å². The number of benzene rings is 1. The van der Waals surface area contributed by atoms with Crippen molar-refractivity contribution in [1.29, 1.82) is 0 Å². The molecule has 1 aliphatic carbocycles. The fraction of sp³-hybridized carbons (Fsp3) is 0.294. The number of nitrogens with zero attached hydrogens (tertiary/aromatic N) is 3. The highest BCUT2D eigenvalue weighted by Gasteiger charge is 2.11. The predicted octanol–water partition coefficient (Wildman–Crippen LogP) is 2.87. The van der Waals surface area contributed by atoms with E-state index in [0.29, 0.717) is 6.04 Å². The minimum absolute atomic E-state index is 0. The van der Waals surface area contributed by atoms with Gasteiger partial charge in [0, 0.05) is 32.0 Å². The van der Waals surface area contributed by atoms with E-state index in [1.807, 2.05) is 29.1 Å². The van der Waals surface area contributed by atoms with E-state index in [2.05, 4.69) is 45.0 Å². The van der Waals surface area contributed by atoms with E-state index in [-0.39, 0.29) is 24.0 Å². The van der Waals surface area contributed by atoms with Crippen molar-refractivity contribution in [3.8, 4) is 5.69 Å². The summed E-state index contributed by atoms with van der Waals surface area (Å²) in [5, 5.41) is 11.1. The number of hydrogen-bond acceptors (Lipinski definition) is 2. The van der Waals surface area contributed by atoms with Crippen LogP contribution in [-0.4, -0.2) is 28.8 Å². The van der Waals surface area contributed by atoms with E-state index in [1.165, 1.54) is 5.56 Å². The van der Waals surface area contributed by atoms with Gasteiger partial charge >= 0.3 is 0 Å². The first kappa shape index (κ1) is 17.5. The second-order valence-electron chi connectivity index (χ2n) is 5.33. The molecule has 3 rings (SSSR count). The van der Waals surface area contributed by atoms with Gasteiger partial charge in [-0.25, -0.2) is 4.68 Å². The van der Waals surface area contributed by atoms with Gasteiger partial charge in [-0.15, -0.1) is 24.0 Å². The molecule has 0 unspecified atom stereocenters. The monoisotopic (exact) mass is 423 g/mol. The van der Waals surface area contributed by atoms with Gasteiger partial charge in [0.05, 0.1) is 5.69 Å². The van der Waals surface area contributed by atoms with E-state index >= 15 is 0 Å². The maximum absolute atomic E-state index is 4.29. The lowest BCUT2D eigenvalue weighted by atomic mass is 10.2. The number of guanidine groups is 1. The molecule has 2 N–H and O–H groups in total. The molecule has 5 nitrogen and oxygen atoms in total. The minimum atomic E-state index is 0.